The SMILES string of the molecule is Cc1ccc(Oc2ccc(CO)cc2)c(CN)c1. The van der Waals surface area contributed by atoms with E-state index in [0.29, 0.717) is 6.54 Å². The number of aliphatic hydroxyl groups excluding tert-OH is 1. The standard InChI is InChI=1S/C15H17NO2/c1-11-2-7-15(13(8-11)9-16)18-14-5-3-12(10-17)4-6-14/h2-8,17H,9-10,16H2,1H3. The second kappa shape index (κ2) is 5.67. The quantitative estimate of drug-likeness (QED) is 0.868. The Balaban J connectivity index is 2.22. The molecule has 0 unspecified atom stereocenters. The van der Waals surface area contributed by atoms with Gasteiger partial charge in [0.25, 0.3) is 0 Å². The summed E-state index contributed by atoms with van der Waals surface area (Å²) in [6.07, 6.45) is 0. The third kappa shape index (κ3) is 2.88. The van der Waals surface area contributed by atoms with Crippen LogP contribution in [-0.4, -0.2) is 5.11 Å². The average Bonchev–Trinajstić information content (AvgIpc) is 2.41. The van der Waals surface area contributed by atoms with Crippen LogP contribution >= 0.6 is 0 Å². The highest BCUT2D eigenvalue weighted by atomic mass is 16.5. The van der Waals surface area contributed by atoms with Gasteiger partial charge in [-0.25, -0.2) is 0 Å². The minimum Gasteiger partial charge on any atom is -0.457 e. The van der Waals surface area contributed by atoms with E-state index in [-0.39, 0.29) is 6.61 Å². The Bertz CT molecular complexity index is 521. The largest absolute Gasteiger partial charge is 0.457 e. The average molecular weight is 243 g/mol. The van der Waals surface area contributed by atoms with E-state index < -0.39 is 0 Å². The van der Waals surface area contributed by atoms with E-state index in [1.807, 2.05) is 49.4 Å². The lowest BCUT2D eigenvalue weighted by atomic mass is 10.1. The molecule has 0 spiro atoms. The zero-order valence-corrected chi connectivity index (χ0v) is 10.4. The van der Waals surface area contributed by atoms with Crippen molar-refractivity contribution < 1.29 is 9.84 Å². The van der Waals surface area contributed by atoms with Crippen molar-refractivity contribution in [1.82, 2.24) is 0 Å². The van der Waals surface area contributed by atoms with Crippen molar-refractivity contribution >= 4 is 0 Å². The fourth-order valence-electron chi connectivity index (χ4n) is 1.76. The van der Waals surface area contributed by atoms with Gasteiger partial charge in [0, 0.05) is 12.1 Å². The van der Waals surface area contributed by atoms with Crippen LogP contribution in [0.5, 0.6) is 11.5 Å². The predicted octanol–water partition coefficient (Wildman–Crippen LogP) is 2.74. The van der Waals surface area contributed by atoms with Crippen molar-refractivity contribution in [2.24, 2.45) is 5.73 Å². The van der Waals surface area contributed by atoms with Crippen LogP contribution in [0.1, 0.15) is 16.7 Å². The maximum Gasteiger partial charge on any atom is 0.131 e. The van der Waals surface area contributed by atoms with E-state index in [0.717, 1.165) is 22.6 Å². The van der Waals surface area contributed by atoms with Gasteiger partial charge < -0.3 is 15.6 Å². The second-order valence-electron chi connectivity index (χ2n) is 4.22. The summed E-state index contributed by atoms with van der Waals surface area (Å²) in [5.41, 5.74) is 8.72. The maximum atomic E-state index is 8.97. The van der Waals surface area contributed by atoms with E-state index in [4.69, 9.17) is 15.6 Å². The first kappa shape index (κ1) is 12.6. The molecule has 0 aliphatic heterocycles. The highest BCUT2D eigenvalue weighted by molar-refractivity contribution is 5.40. The summed E-state index contributed by atoms with van der Waals surface area (Å²) in [6.45, 7) is 2.52. The molecular formula is C15H17NO2. The van der Waals surface area contributed by atoms with E-state index in [2.05, 4.69) is 0 Å². The van der Waals surface area contributed by atoms with Gasteiger partial charge in [-0.1, -0.05) is 29.8 Å². The van der Waals surface area contributed by atoms with Crippen LogP contribution in [0, 0.1) is 6.92 Å². The monoisotopic (exact) mass is 243 g/mol. The summed E-state index contributed by atoms with van der Waals surface area (Å²) in [5, 5.41) is 8.97. The fourth-order valence-corrected chi connectivity index (χ4v) is 1.76. The molecule has 3 nitrogen and oxygen atoms in total. The minimum atomic E-state index is 0.0405. The van der Waals surface area contributed by atoms with Crippen LogP contribution in [-0.2, 0) is 13.2 Å². The molecule has 0 fully saturated rings. The number of aliphatic hydroxyl groups is 1. The van der Waals surface area contributed by atoms with Gasteiger partial charge in [-0.15, -0.1) is 0 Å². The van der Waals surface area contributed by atoms with Gasteiger partial charge in [0.05, 0.1) is 6.61 Å². The number of rotatable bonds is 4. The van der Waals surface area contributed by atoms with Crippen LogP contribution in [0.2, 0.25) is 0 Å². The molecule has 0 heterocycles. The number of ether oxygens (including phenoxy) is 1. The smallest absolute Gasteiger partial charge is 0.131 e. The summed E-state index contributed by atoms with van der Waals surface area (Å²) in [4.78, 5) is 0. The number of nitrogens with two attached hydrogens (primary N) is 1. The normalized spacial score (nSPS) is 10.4. The van der Waals surface area contributed by atoms with Crippen molar-refractivity contribution in [3.63, 3.8) is 0 Å². The van der Waals surface area contributed by atoms with Gasteiger partial charge in [0.2, 0.25) is 0 Å². The Hall–Kier alpha value is -1.84. The molecule has 0 aliphatic carbocycles. The Kier molecular flexibility index (Phi) is 3.97. The minimum absolute atomic E-state index is 0.0405. The van der Waals surface area contributed by atoms with Crippen molar-refractivity contribution in [1.29, 1.82) is 0 Å². The van der Waals surface area contributed by atoms with Crippen molar-refractivity contribution in [2.75, 3.05) is 0 Å². The first-order valence-electron chi connectivity index (χ1n) is 5.90. The van der Waals surface area contributed by atoms with Gasteiger partial charge in [-0.2, -0.15) is 0 Å². The number of hydrogen-bond acceptors (Lipinski definition) is 3. The highest BCUT2D eigenvalue weighted by Crippen LogP contribution is 2.26. The molecule has 0 saturated carbocycles. The summed E-state index contributed by atoms with van der Waals surface area (Å²) in [5.74, 6) is 1.52. The molecule has 94 valence electrons. The first-order valence-corrected chi connectivity index (χ1v) is 5.90. The van der Waals surface area contributed by atoms with Gasteiger partial charge in [-0.3, -0.25) is 0 Å². The van der Waals surface area contributed by atoms with E-state index in [1.54, 1.807) is 0 Å². The Morgan fingerprint density at radius 2 is 1.83 bits per heavy atom. The number of hydrogen-bond donors (Lipinski definition) is 2. The highest BCUT2D eigenvalue weighted by Gasteiger charge is 2.04. The predicted molar refractivity (Wildman–Crippen MR) is 71.5 cm³/mol. The topological polar surface area (TPSA) is 55.5 Å². The summed E-state index contributed by atoms with van der Waals surface area (Å²) < 4.78 is 5.79. The molecule has 0 amide bonds. The molecule has 3 heteroatoms. The zero-order chi connectivity index (χ0) is 13.0. The first-order chi connectivity index (χ1) is 8.72. The van der Waals surface area contributed by atoms with Gasteiger partial charge in [0.1, 0.15) is 11.5 Å². The Labute approximate surface area is 107 Å². The van der Waals surface area contributed by atoms with Crippen LogP contribution in [0.15, 0.2) is 42.5 Å². The van der Waals surface area contributed by atoms with Crippen LogP contribution in [0.3, 0.4) is 0 Å². The Morgan fingerprint density at radius 1 is 1.11 bits per heavy atom. The third-order valence-electron chi connectivity index (χ3n) is 2.77. The molecule has 2 aromatic rings. The number of benzene rings is 2. The lowest BCUT2D eigenvalue weighted by molar-refractivity contribution is 0.281. The molecule has 0 radical (unpaired) electrons. The molecular weight excluding hydrogens is 226 g/mol. The summed E-state index contributed by atoms with van der Waals surface area (Å²) in [6, 6.07) is 13.3. The molecule has 0 aliphatic rings. The van der Waals surface area contributed by atoms with Crippen molar-refractivity contribution in [3.05, 3.63) is 59.2 Å². The Morgan fingerprint density at radius 3 is 2.44 bits per heavy atom. The molecule has 0 aromatic heterocycles. The summed E-state index contributed by atoms with van der Waals surface area (Å²) >= 11 is 0. The van der Waals surface area contributed by atoms with Gasteiger partial charge >= 0.3 is 0 Å². The van der Waals surface area contributed by atoms with Gasteiger partial charge in [-0.05, 0) is 30.7 Å². The number of aryl methyl sites for hydroxylation is 1. The molecule has 2 rings (SSSR count). The van der Waals surface area contributed by atoms with E-state index >= 15 is 0 Å². The molecule has 3 N–H and O–H groups in total. The zero-order valence-electron chi connectivity index (χ0n) is 10.4. The van der Waals surface area contributed by atoms with Crippen molar-refractivity contribution in [2.45, 2.75) is 20.1 Å². The molecule has 18 heavy (non-hydrogen) atoms. The maximum absolute atomic E-state index is 8.97. The van der Waals surface area contributed by atoms with Crippen LogP contribution in [0.4, 0.5) is 0 Å². The molecule has 0 atom stereocenters. The fraction of sp³-hybridized carbons (Fsp3) is 0.200. The lowest BCUT2D eigenvalue weighted by Crippen LogP contribution is -2.00. The van der Waals surface area contributed by atoms with Crippen LogP contribution in [0.25, 0.3) is 0 Å². The second-order valence-corrected chi connectivity index (χ2v) is 4.22. The van der Waals surface area contributed by atoms with Gasteiger partial charge in [0.15, 0.2) is 0 Å². The third-order valence-corrected chi connectivity index (χ3v) is 2.77. The van der Waals surface area contributed by atoms with E-state index in [9.17, 15) is 0 Å². The molecule has 0 saturated heterocycles. The molecule has 0 bridgehead atoms. The molecule has 2 aromatic carbocycles. The summed E-state index contributed by atoms with van der Waals surface area (Å²) in [7, 11) is 0. The van der Waals surface area contributed by atoms with E-state index in [1.165, 1.54) is 5.56 Å². The van der Waals surface area contributed by atoms with Crippen LogP contribution < -0.4 is 10.5 Å². The van der Waals surface area contributed by atoms with Crippen molar-refractivity contribution in [3.8, 4) is 11.5 Å². The lowest BCUT2D eigenvalue weighted by Gasteiger charge is -2.11.